The molecule has 1 aliphatic rings. The van der Waals surface area contributed by atoms with Crippen molar-refractivity contribution >= 4 is 10.0 Å². The first kappa shape index (κ1) is 16.3. The molecule has 0 amide bonds. The van der Waals surface area contributed by atoms with E-state index in [1.807, 2.05) is 12.1 Å². The van der Waals surface area contributed by atoms with Crippen molar-refractivity contribution in [2.45, 2.75) is 39.3 Å². The number of rotatable bonds is 7. The van der Waals surface area contributed by atoms with Crippen LogP contribution in [0.4, 0.5) is 0 Å². The molecule has 1 aliphatic heterocycles. The van der Waals surface area contributed by atoms with Gasteiger partial charge in [-0.2, -0.15) is 0 Å². The van der Waals surface area contributed by atoms with Gasteiger partial charge in [0.05, 0.1) is 5.75 Å². The van der Waals surface area contributed by atoms with Crippen LogP contribution in [0.1, 0.15) is 31.9 Å². The standard InChI is InChI=1S/C15H24N2O3S/c1-4-21(18,19)17-8-7-16-11-12-5-6-14-13(9-12)10-15(2,3)20-14/h5-6,9,16-17H,4,7-8,10-11H2,1-3H3. The number of hydrogen-bond acceptors (Lipinski definition) is 4. The molecule has 0 fully saturated rings. The number of fused-ring (bicyclic) bond motifs is 1. The maximum atomic E-state index is 11.3. The lowest BCUT2D eigenvalue weighted by Gasteiger charge is -2.16. The predicted molar refractivity (Wildman–Crippen MR) is 84.0 cm³/mol. The van der Waals surface area contributed by atoms with E-state index in [-0.39, 0.29) is 11.4 Å². The van der Waals surface area contributed by atoms with E-state index in [2.05, 4.69) is 30.0 Å². The van der Waals surface area contributed by atoms with E-state index < -0.39 is 10.0 Å². The van der Waals surface area contributed by atoms with Gasteiger partial charge in [0.25, 0.3) is 0 Å². The lowest BCUT2D eigenvalue weighted by atomic mass is 10.0. The van der Waals surface area contributed by atoms with Crippen molar-refractivity contribution in [1.82, 2.24) is 10.0 Å². The fourth-order valence-corrected chi connectivity index (χ4v) is 3.02. The van der Waals surface area contributed by atoms with E-state index in [1.54, 1.807) is 6.92 Å². The Morgan fingerprint density at radius 3 is 2.76 bits per heavy atom. The molecule has 0 bridgehead atoms. The van der Waals surface area contributed by atoms with Crippen molar-refractivity contribution < 1.29 is 13.2 Å². The van der Waals surface area contributed by atoms with E-state index in [1.165, 1.54) is 11.1 Å². The summed E-state index contributed by atoms with van der Waals surface area (Å²) in [5.74, 6) is 1.09. The average molecular weight is 312 g/mol. The van der Waals surface area contributed by atoms with E-state index in [4.69, 9.17) is 4.74 Å². The third-order valence-corrected chi connectivity index (χ3v) is 4.86. The number of hydrogen-bond donors (Lipinski definition) is 2. The van der Waals surface area contributed by atoms with Gasteiger partial charge in [-0.1, -0.05) is 12.1 Å². The van der Waals surface area contributed by atoms with Crippen molar-refractivity contribution in [2.24, 2.45) is 0 Å². The molecule has 6 heteroatoms. The summed E-state index contributed by atoms with van der Waals surface area (Å²) in [6.45, 7) is 7.55. The minimum atomic E-state index is -3.09. The largest absolute Gasteiger partial charge is 0.487 e. The van der Waals surface area contributed by atoms with Gasteiger partial charge in [0.2, 0.25) is 10.0 Å². The number of ether oxygens (including phenoxy) is 1. The molecule has 0 spiro atoms. The molecule has 21 heavy (non-hydrogen) atoms. The summed E-state index contributed by atoms with van der Waals surface area (Å²) >= 11 is 0. The van der Waals surface area contributed by atoms with Gasteiger partial charge in [0, 0.05) is 26.1 Å². The Morgan fingerprint density at radius 2 is 2.05 bits per heavy atom. The first-order valence-corrected chi connectivity index (χ1v) is 8.95. The van der Waals surface area contributed by atoms with Crippen molar-refractivity contribution in [2.75, 3.05) is 18.8 Å². The van der Waals surface area contributed by atoms with Crippen LogP contribution in [0.3, 0.4) is 0 Å². The van der Waals surface area contributed by atoms with Gasteiger partial charge in [0.1, 0.15) is 11.4 Å². The van der Waals surface area contributed by atoms with E-state index in [9.17, 15) is 8.42 Å². The third-order valence-electron chi connectivity index (χ3n) is 3.46. The summed E-state index contributed by atoms with van der Waals surface area (Å²) in [7, 11) is -3.09. The first-order chi connectivity index (χ1) is 9.81. The highest BCUT2D eigenvalue weighted by Gasteiger charge is 2.29. The second kappa shape index (κ2) is 6.34. The number of nitrogens with one attached hydrogen (secondary N) is 2. The molecule has 0 saturated carbocycles. The third kappa shape index (κ3) is 4.69. The quantitative estimate of drug-likeness (QED) is 0.748. The molecule has 2 rings (SSSR count). The topological polar surface area (TPSA) is 67.4 Å². The molecule has 2 N–H and O–H groups in total. The van der Waals surface area contributed by atoms with Gasteiger partial charge >= 0.3 is 0 Å². The van der Waals surface area contributed by atoms with Crippen molar-refractivity contribution in [3.63, 3.8) is 0 Å². The van der Waals surface area contributed by atoms with Crippen LogP contribution in [0.5, 0.6) is 5.75 Å². The monoisotopic (exact) mass is 312 g/mol. The van der Waals surface area contributed by atoms with E-state index in [0.717, 1.165) is 18.7 Å². The van der Waals surface area contributed by atoms with Crippen molar-refractivity contribution in [3.05, 3.63) is 29.3 Å². The zero-order chi connectivity index (χ0) is 15.5. The Balaban J connectivity index is 1.78. The molecular formula is C15H24N2O3S. The van der Waals surface area contributed by atoms with Crippen LogP contribution in [-0.4, -0.2) is 32.9 Å². The predicted octanol–water partition coefficient (Wildman–Crippen LogP) is 1.43. The van der Waals surface area contributed by atoms with Crippen LogP contribution in [0.25, 0.3) is 0 Å². The minimum Gasteiger partial charge on any atom is -0.487 e. The molecule has 0 saturated heterocycles. The second-order valence-corrected chi connectivity index (χ2v) is 8.05. The van der Waals surface area contributed by atoms with E-state index >= 15 is 0 Å². The highest BCUT2D eigenvalue weighted by atomic mass is 32.2. The molecule has 0 radical (unpaired) electrons. The maximum Gasteiger partial charge on any atom is 0.211 e. The number of sulfonamides is 1. The SMILES string of the molecule is CCS(=O)(=O)NCCNCc1ccc2c(c1)CC(C)(C)O2. The molecule has 0 atom stereocenters. The maximum absolute atomic E-state index is 11.3. The Morgan fingerprint density at radius 1 is 1.29 bits per heavy atom. The minimum absolute atomic E-state index is 0.118. The summed E-state index contributed by atoms with van der Waals surface area (Å²) in [4.78, 5) is 0. The van der Waals surface area contributed by atoms with Gasteiger partial charge in [-0.15, -0.1) is 0 Å². The fraction of sp³-hybridized carbons (Fsp3) is 0.600. The zero-order valence-corrected chi connectivity index (χ0v) is 13.7. The van der Waals surface area contributed by atoms with Crippen LogP contribution >= 0.6 is 0 Å². The summed E-state index contributed by atoms with van der Waals surface area (Å²) in [5, 5.41) is 3.24. The molecule has 118 valence electrons. The first-order valence-electron chi connectivity index (χ1n) is 7.30. The summed E-state index contributed by atoms with van der Waals surface area (Å²) < 4.78 is 30.9. The fourth-order valence-electron chi connectivity index (χ4n) is 2.40. The summed E-state index contributed by atoms with van der Waals surface area (Å²) in [6, 6.07) is 6.22. The molecule has 1 heterocycles. The van der Waals surface area contributed by atoms with Crippen LogP contribution in [-0.2, 0) is 23.0 Å². The second-order valence-electron chi connectivity index (χ2n) is 5.96. The van der Waals surface area contributed by atoms with Gasteiger partial charge in [0.15, 0.2) is 0 Å². The Hall–Kier alpha value is -1.11. The molecule has 1 aromatic carbocycles. The van der Waals surface area contributed by atoms with Gasteiger partial charge in [-0.05, 0) is 38.0 Å². The lowest BCUT2D eigenvalue weighted by molar-refractivity contribution is 0.138. The van der Waals surface area contributed by atoms with Crippen LogP contribution in [0.2, 0.25) is 0 Å². The van der Waals surface area contributed by atoms with Crippen molar-refractivity contribution in [1.29, 1.82) is 0 Å². The Kier molecular flexibility index (Phi) is 4.91. The average Bonchev–Trinajstić information content (AvgIpc) is 2.71. The van der Waals surface area contributed by atoms with Crippen LogP contribution in [0, 0.1) is 0 Å². The highest BCUT2D eigenvalue weighted by molar-refractivity contribution is 7.89. The highest BCUT2D eigenvalue weighted by Crippen LogP contribution is 2.35. The smallest absolute Gasteiger partial charge is 0.211 e. The molecule has 5 nitrogen and oxygen atoms in total. The molecular weight excluding hydrogens is 288 g/mol. The van der Waals surface area contributed by atoms with E-state index in [0.29, 0.717) is 13.1 Å². The summed E-state index contributed by atoms with van der Waals surface area (Å²) in [5.41, 5.74) is 2.31. The van der Waals surface area contributed by atoms with Gasteiger partial charge in [-0.25, -0.2) is 13.1 Å². The molecule has 0 aliphatic carbocycles. The van der Waals surface area contributed by atoms with Crippen LogP contribution < -0.4 is 14.8 Å². The Bertz CT molecular complexity index is 597. The van der Waals surface area contributed by atoms with Gasteiger partial charge in [-0.3, -0.25) is 0 Å². The lowest BCUT2D eigenvalue weighted by Crippen LogP contribution is -2.32. The normalized spacial score (nSPS) is 16.5. The zero-order valence-electron chi connectivity index (χ0n) is 12.9. The molecule has 0 aromatic heterocycles. The Labute approximate surface area is 127 Å². The van der Waals surface area contributed by atoms with Gasteiger partial charge < -0.3 is 10.1 Å². The molecule has 1 aromatic rings. The van der Waals surface area contributed by atoms with Crippen LogP contribution in [0.15, 0.2) is 18.2 Å². The number of benzene rings is 1. The van der Waals surface area contributed by atoms with Crippen molar-refractivity contribution in [3.8, 4) is 5.75 Å². The molecule has 0 unspecified atom stereocenters. The summed E-state index contributed by atoms with van der Waals surface area (Å²) in [6.07, 6.45) is 0.923.